The van der Waals surface area contributed by atoms with Gasteiger partial charge >= 0.3 is 5.76 Å². The Hall–Kier alpha value is -2.21. The second-order valence-corrected chi connectivity index (χ2v) is 6.07. The van der Waals surface area contributed by atoms with E-state index in [2.05, 4.69) is 14.9 Å². The van der Waals surface area contributed by atoms with Crippen LogP contribution in [0.25, 0.3) is 22.0 Å². The second kappa shape index (κ2) is 5.53. The zero-order chi connectivity index (χ0) is 15.9. The van der Waals surface area contributed by atoms with Crippen LogP contribution in [0.2, 0.25) is 0 Å². The molecule has 3 aromatic rings. The molecule has 6 nitrogen and oxygen atoms in total. The van der Waals surface area contributed by atoms with Gasteiger partial charge in [0.25, 0.3) is 0 Å². The molecular formula is C16H20N4O2. The monoisotopic (exact) mass is 300 g/mol. The smallest absolute Gasteiger partial charge is 0.406 e. The van der Waals surface area contributed by atoms with Gasteiger partial charge in [0.15, 0.2) is 5.58 Å². The van der Waals surface area contributed by atoms with Crippen molar-refractivity contribution >= 4 is 22.0 Å². The molecule has 22 heavy (non-hydrogen) atoms. The van der Waals surface area contributed by atoms with Crippen LogP contribution in [0.4, 0.5) is 0 Å². The van der Waals surface area contributed by atoms with Gasteiger partial charge in [0, 0.05) is 18.5 Å². The molecule has 0 fully saturated rings. The first-order chi connectivity index (χ1) is 10.5. The van der Waals surface area contributed by atoms with E-state index in [1.165, 1.54) is 0 Å². The maximum atomic E-state index is 11.8. The van der Waals surface area contributed by atoms with E-state index in [0.29, 0.717) is 5.58 Å². The number of rotatable bonds is 4. The minimum Gasteiger partial charge on any atom is -0.406 e. The predicted molar refractivity (Wildman–Crippen MR) is 86.2 cm³/mol. The van der Waals surface area contributed by atoms with Crippen molar-refractivity contribution in [3.8, 4) is 0 Å². The summed E-state index contributed by atoms with van der Waals surface area (Å²) in [6.45, 7) is 5.71. The highest BCUT2D eigenvalue weighted by atomic mass is 16.4. The van der Waals surface area contributed by atoms with Crippen LogP contribution in [0.5, 0.6) is 0 Å². The van der Waals surface area contributed by atoms with Gasteiger partial charge in [-0.15, -0.1) is 0 Å². The summed E-state index contributed by atoms with van der Waals surface area (Å²) < 4.78 is 7.46. The molecule has 1 aromatic carbocycles. The molecule has 2 aromatic heterocycles. The Morgan fingerprint density at radius 2 is 2.09 bits per heavy atom. The molecule has 0 spiro atoms. The number of fused-ring (bicyclic) bond motifs is 3. The molecule has 0 atom stereocenters. The van der Waals surface area contributed by atoms with Gasteiger partial charge in [-0.1, -0.05) is 13.8 Å². The quantitative estimate of drug-likeness (QED) is 0.739. The molecule has 0 aliphatic heterocycles. The summed E-state index contributed by atoms with van der Waals surface area (Å²) in [6.07, 6.45) is 1.79. The van der Waals surface area contributed by atoms with Crippen LogP contribution in [-0.4, -0.2) is 40.1 Å². The number of benzene rings is 1. The number of hydrogen-bond donors (Lipinski definition) is 0. The van der Waals surface area contributed by atoms with E-state index < -0.39 is 5.76 Å². The van der Waals surface area contributed by atoms with Crippen LogP contribution >= 0.6 is 0 Å². The topological polar surface area (TPSA) is 64.2 Å². The SMILES string of the molecule is CC(C)c1nc(=O)oc2c1ccc1ncn(CCN(C)C)c12. The number of nitrogens with zero attached hydrogens (tertiary/aromatic N) is 4. The highest BCUT2D eigenvalue weighted by Crippen LogP contribution is 2.28. The highest BCUT2D eigenvalue weighted by molar-refractivity contribution is 6.01. The lowest BCUT2D eigenvalue weighted by Gasteiger charge is -2.12. The highest BCUT2D eigenvalue weighted by Gasteiger charge is 2.16. The molecule has 6 heteroatoms. The van der Waals surface area contributed by atoms with Crippen molar-refractivity contribution in [2.45, 2.75) is 26.3 Å². The first kappa shape index (κ1) is 14.7. The van der Waals surface area contributed by atoms with E-state index >= 15 is 0 Å². The van der Waals surface area contributed by atoms with E-state index in [4.69, 9.17) is 4.42 Å². The van der Waals surface area contributed by atoms with Gasteiger partial charge in [-0.2, -0.15) is 4.98 Å². The lowest BCUT2D eigenvalue weighted by atomic mass is 10.0. The van der Waals surface area contributed by atoms with Crippen LogP contribution in [0, 0.1) is 0 Å². The summed E-state index contributed by atoms with van der Waals surface area (Å²) in [4.78, 5) is 22.4. The van der Waals surface area contributed by atoms with Crippen molar-refractivity contribution in [3.63, 3.8) is 0 Å². The fraction of sp³-hybridized carbons (Fsp3) is 0.438. The minimum atomic E-state index is -0.552. The van der Waals surface area contributed by atoms with Gasteiger partial charge in [-0.25, -0.2) is 9.78 Å². The average molecular weight is 300 g/mol. The van der Waals surface area contributed by atoms with E-state index in [1.54, 1.807) is 6.33 Å². The van der Waals surface area contributed by atoms with E-state index in [1.807, 2.05) is 44.6 Å². The van der Waals surface area contributed by atoms with Gasteiger partial charge in [0.2, 0.25) is 0 Å². The number of likely N-dealkylation sites (N-methyl/N-ethyl adjacent to an activating group) is 1. The molecule has 0 saturated carbocycles. The molecule has 2 heterocycles. The Kier molecular flexibility index (Phi) is 3.70. The molecule has 3 rings (SSSR count). The van der Waals surface area contributed by atoms with Crippen molar-refractivity contribution in [2.75, 3.05) is 20.6 Å². The Labute approximate surface area is 128 Å². The van der Waals surface area contributed by atoms with E-state index in [9.17, 15) is 4.79 Å². The number of aromatic nitrogens is 3. The van der Waals surface area contributed by atoms with Gasteiger partial charge in [-0.05, 0) is 32.1 Å². The summed E-state index contributed by atoms with van der Waals surface area (Å²) in [5, 5.41) is 0.883. The number of imidazole rings is 1. The molecular weight excluding hydrogens is 280 g/mol. The van der Waals surface area contributed by atoms with Crippen molar-refractivity contribution in [3.05, 3.63) is 34.7 Å². The number of hydrogen-bond acceptors (Lipinski definition) is 5. The van der Waals surface area contributed by atoms with Gasteiger partial charge < -0.3 is 13.9 Å². The summed E-state index contributed by atoms with van der Waals surface area (Å²) in [5.41, 5.74) is 3.04. The third-order valence-corrected chi connectivity index (χ3v) is 3.75. The van der Waals surface area contributed by atoms with Crippen molar-refractivity contribution in [2.24, 2.45) is 0 Å². The normalized spacial score (nSPS) is 12.1. The third kappa shape index (κ3) is 2.50. The summed E-state index contributed by atoms with van der Waals surface area (Å²) in [7, 11) is 4.05. The average Bonchev–Trinajstić information content (AvgIpc) is 2.87. The molecule has 0 radical (unpaired) electrons. The predicted octanol–water partition coefficient (Wildman–Crippen LogP) is 2.22. The molecule has 0 amide bonds. The van der Waals surface area contributed by atoms with Gasteiger partial charge in [0.1, 0.15) is 5.52 Å². The minimum absolute atomic E-state index is 0.155. The lowest BCUT2D eigenvalue weighted by Crippen LogP contribution is -2.18. The molecule has 0 unspecified atom stereocenters. The first-order valence-electron chi connectivity index (χ1n) is 7.40. The molecule has 0 bridgehead atoms. The van der Waals surface area contributed by atoms with Gasteiger partial charge in [-0.3, -0.25) is 0 Å². The van der Waals surface area contributed by atoms with Crippen LogP contribution in [0.15, 0.2) is 27.7 Å². The Balaban J connectivity index is 2.29. The summed E-state index contributed by atoms with van der Waals surface area (Å²) >= 11 is 0. The van der Waals surface area contributed by atoms with Crippen LogP contribution < -0.4 is 5.76 Å². The summed E-state index contributed by atoms with van der Waals surface area (Å²) in [5.74, 6) is -0.397. The molecule has 0 N–H and O–H groups in total. The zero-order valence-corrected chi connectivity index (χ0v) is 13.3. The largest absolute Gasteiger partial charge is 0.439 e. The third-order valence-electron chi connectivity index (χ3n) is 3.75. The molecule has 116 valence electrons. The fourth-order valence-electron chi connectivity index (χ4n) is 2.62. The second-order valence-electron chi connectivity index (χ2n) is 6.07. The molecule has 0 aliphatic rings. The van der Waals surface area contributed by atoms with Crippen molar-refractivity contribution in [1.29, 1.82) is 0 Å². The maximum Gasteiger partial charge on any atom is 0.439 e. The molecule has 0 aliphatic carbocycles. The van der Waals surface area contributed by atoms with Crippen LogP contribution in [-0.2, 0) is 6.54 Å². The Morgan fingerprint density at radius 3 is 2.77 bits per heavy atom. The van der Waals surface area contributed by atoms with Crippen molar-refractivity contribution < 1.29 is 4.42 Å². The van der Waals surface area contributed by atoms with E-state index in [-0.39, 0.29) is 5.92 Å². The zero-order valence-electron chi connectivity index (χ0n) is 13.3. The Morgan fingerprint density at radius 1 is 1.32 bits per heavy atom. The van der Waals surface area contributed by atoms with Crippen LogP contribution in [0.1, 0.15) is 25.5 Å². The Bertz CT molecular complexity index is 877. The lowest BCUT2D eigenvalue weighted by molar-refractivity contribution is 0.386. The van der Waals surface area contributed by atoms with E-state index in [0.717, 1.165) is 35.2 Å². The first-order valence-corrected chi connectivity index (χ1v) is 7.40. The van der Waals surface area contributed by atoms with Crippen LogP contribution in [0.3, 0.4) is 0 Å². The summed E-state index contributed by atoms with van der Waals surface area (Å²) in [6, 6.07) is 3.89. The maximum absolute atomic E-state index is 11.8. The van der Waals surface area contributed by atoms with Gasteiger partial charge in [0.05, 0.1) is 17.5 Å². The standard InChI is InChI=1S/C16H20N4O2/c1-10(2)13-11-5-6-12-14(15(11)22-16(21)18-13)20(9-17-12)8-7-19(3)4/h5-6,9-10H,7-8H2,1-4H3. The fourth-order valence-corrected chi connectivity index (χ4v) is 2.62. The molecule has 0 saturated heterocycles. The van der Waals surface area contributed by atoms with Crippen molar-refractivity contribution in [1.82, 2.24) is 19.4 Å².